The molecule has 1 aliphatic carbocycles. The van der Waals surface area contributed by atoms with Gasteiger partial charge in [0.2, 0.25) is 5.91 Å². The van der Waals surface area contributed by atoms with Crippen LogP contribution < -0.4 is 11.0 Å². The summed E-state index contributed by atoms with van der Waals surface area (Å²) in [5.74, 6) is -1.05. The molecule has 2 N–H and O–H groups in total. The zero-order valence-electron chi connectivity index (χ0n) is 17.7. The molecule has 0 spiro atoms. The Balaban J connectivity index is 1.58. The van der Waals surface area contributed by atoms with E-state index in [1.165, 1.54) is 23.2 Å². The molecule has 8 heteroatoms. The van der Waals surface area contributed by atoms with Crippen LogP contribution in [0.3, 0.4) is 0 Å². The number of aromatic nitrogens is 2. The van der Waals surface area contributed by atoms with Crippen molar-refractivity contribution >= 4 is 17.4 Å². The lowest BCUT2D eigenvalue weighted by Crippen LogP contribution is -2.43. The Morgan fingerprint density at radius 3 is 2.52 bits per heavy atom. The van der Waals surface area contributed by atoms with Gasteiger partial charge in [0.1, 0.15) is 11.5 Å². The van der Waals surface area contributed by atoms with Gasteiger partial charge in [-0.3, -0.25) is 19.8 Å². The molecule has 7 nitrogen and oxygen atoms in total. The number of amides is 1. The normalized spacial score (nSPS) is 18.3. The molecular formula is C25H21FN4O3. The van der Waals surface area contributed by atoms with Crippen molar-refractivity contribution < 1.29 is 14.0 Å². The van der Waals surface area contributed by atoms with Crippen LogP contribution in [-0.4, -0.2) is 26.9 Å². The van der Waals surface area contributed by atoms with E-state index >= 15 is 0 Å². The Morgan fingerprint density at radius 1 is 1.00 bits per heavy atom. The highest BCUT2D eigenvalue weighted by Gasteiger charge is 2.39. The van der Waals surface area contributed by atoms with Crippen LogP contribution in [0, 0.1) is 5.82 Å². The maximum atomic E-state index is 13.5. The van der Waals surface area contributed by atoms with E-state index in [9.17, 15) is 18.8 Å². The first-order valence-corrected chi connectivity index (χ1v) is 10.8. The highest BCUT2D eigenvalue weighted by Crippen LogP contribution is 2.42. The third-order valence-electron chi connectivity index (χ3n) is 6.04. The van der Waals surface area contributed by atoms with Crippen LogP contribution in [-0.2, 0) is 9.59 Å². The van der Waals surface area contributed by atoms with Crippen LogP contribution in [0.1, 0.15) is 37.2 Å². The third kappa shape index (κ3) is 3.95. The van der Waals surface area contributed by atoms with E-state index in [0.29, 0.717) is 41.9 Å². The number of benzene rings is 2. The fourth-order valence-electron chi connectivity index (χ4n) is 4.53. The van der Waals surface area contributed by atoms with Gasteiger partial charge in [0.05, 0.1) is 11.4 Å². The molecule has 0 unspecified atom stereocenters. The number of Topliss-reactive ketones (excluding diaryl/α,β-unsaturated/α-hetero) is 1. The summed E-state index contributed by atoms with van der Waals surface area (Å²) in [6, 6.07) is 16.5. The van der Waals surface area contributed by atoms with Crippen molar-refractivity contribution in [2.75, 3.05) is 5.43 Å². The van der Waals surface area contributed by atoms with Gasteiger partial charge in [0.25, 0.3) is 5.56 Å². The van der Waals surface area contributed by atoms with E-state index in [2.05, 4.69) is 15.6 Å². The number of anilines is 1. The molecule has 0 bridgehead atoms. The van der Waals surface area contributed by atoms with Crippen LogP contribution in [0.15, 0.2) is 76.7 Å². The molecular weight excluding hydrogens is 423 g/mol. The molecule has 1 amide bonds. The average molecular weight is 444 g/mol. The molecule has 0 saturated carbocycles. The zero-order chi connectivity index (χ0) is 22.9. The fraction of sp³-hybridized carbons (Fsp3) is 0.200. The van der Waals surface area contributed by atoms with Crippen molar-refractivity contribution in [2.24, 2.45) is 0 Å². The van der Waals surface area contributed by atoms with Gasteiger partial charge in [0.15, 0.2) is 5.78 Å². The fourth-order valence-corrected chi connectivity index (χ4v) is 4.53. The number of hydrogen-bond donors (Lipinski definition) is 2. The van der Waals surface area contributed by atoms with E-state index in [0.717, 1.165) is 11.1 Å². The Bertz CT molecular complexity index is 1320. The Kier molecular flexibility index (Phi) is 5.34. The van der Waals surface area contributed by atoms with Crippen molar-refractivity contribution in [1.82, 2.24) is 15.2 Å². The number of rotatable bonds is 4. The minimum Gasteiger partial charge on any atom is -0.294 e. The Labute approximate surface area is 188 Å². The second kappa shape index (κ2) is 8.46. The summed E-state index contributed by atoms with van der Waals surface area (Å²) in [7, 11) is 0. The summed E-state index contributed by atoms with van der Waals surface area (Å²) in [4.78, 5) is 38.3. The van der Waals surface area contributed by atoms with E-state index in [4.69, 9.17) is 0 Å². The van der Waals surface area contributed by atoms with E-state index in [-0.39, 0.29) is 23.9 Å². The zero-order valence-corrected chi connectivity index (χ0v) is 17.7. The number of allylic oxidation sites excluding steroid dienone is 2. The lowest BCUT2D eigenvalue weighted by molar-refractivity contribution is -0.130. The topological polar surface area (TPSA) is 95.2 Å². The molecule has 1 aromatic heterocycles. The van der Waals surface area contributed by atoms with Crippen LogP contribution >= 0.6 is 0 Å². The predicted octanol–water partition coefficient (Wildman–Crippen LogP) is 3.93. The standard InChI is InChI=1S/C25H21FN4O3/c26-17-11-9-15(10-12-17)18-13-23(33)30(20-7-4-8-21(31)24(18)20)29-19-14-22(32)27-28-25(19)16-5-2-1-3-6-16/h1-3,5-6,9-12,14,18H,4,7-8,13H2,(H2,27,29,32)/t18-/m1/s1. The summed E-state index contributed by atoms with van der Waals surface area (Å²) in [6.07, 6.45) is 1.62. The molecule has 2 aromatic carbocycles. The second-order valence-corrected chi connectivity index (χ2v) is 8.15. The van der Waals surface area contributed by atoms with Crippen LogP contribution in [0.4, 0.5) is 10.1 Å². The molecule has 2 aliphatic rings. The number of ketones is 1. The highest BCUT2D eigenvalue weighted by atomic mass is 19.1. The quantitative estimate of drug-likeness (QED) is 0.636. The summed E-state index contributed by atoms with van der Waals surface area (Å²) in [5.41, 5.74) is 6.15. The minimum atomic E-state index is -0.426. The monoisotopic (exact) mass is 444 g/mol. The first-order chi connectivity index (χ1) is 16.0. The lowest BCUT2D eigenvalue weighted by Gasteiger charge is -2.38. The molecule has 166 valence electrons. The first-order valence-electron chi connectivity index (χ1n) is 10.8. The number of nitrogens with one attached hydrogen (secondary N) is 2. The Morgan fingerprint density at radius 2 is 1.76 bits per heavy atom. The summed E-state index contributed by atoms with van der Waals surface area (Å²) < 4.78 is 13.5. The number of carbonyl (C=O) groups is 2. The van der Waals surface area contributed by atoms with Gasteiger partial charge in [-0.25, -0.2) is 14.5 Å². The van der Waals surface area contributed by atoms with Gasteiger partial charge in [0, 0.05) is 36.0 Å². The number of hydrogen-bond acceptors (Lipinski definition) is 5. The molecule has 33 heavy (non-hydrogen) atoms. The number of hydrazine groups is 1. The summed E-state index contributed by atoms with van der Waals surface area (Å²) in [5, 5.41) is 7.99. The smallest absolute Gasteiger partial charge is 0.266 e. The van der Waals surface area contributed by atoms with Crippen LogP contribution in [0.25, 0.3) is 11.3 Å². The molecule has 0 saturated heterocycles. The molecule has 0 radical (unpaired) electrons. The van der Waals surface area contributed by atoms with E-state index in [1.54, 1.807) is 12.1 Å². The number of aromatic amines is 1. The first kappa shape index (κ1) is 20.8. The van der Waals surface area contributed by atoms with E-state index < -0.39 is 11.5 Å². The van der Waals surface area contributed by atoms with Crippen molar-refractivity contribution in [1.29, 1.82) is 0 Å². The largest absolute Gasteiger partial charge is 0.294 e. The molecule has 5 rings (SSSR count). The van der Waals surface area contributed by atoms with Gasteiger partial charge in [-0.05, 0) is 30.5 Å². The molecule has 1 aliphatic heterocycles. The lowest BCUT2D eigenvalue weighted by atomic mass is 9.78. The van der Waals surface area contributed by atoms with E-state index in [1.807, 2.05) is 30.3 Å². The van der Waals surface area contributed by atoms with Gasteiger partial charge >= 0.3 is 0 Å². The van der Waals surface area contributed by atoms with Crippen molar-refractivity contribution in [3.05, 3.63) is 93.7 Å². The van der Waals surface area contributed by atoms with Crippen LogP contribution in [0.5, 0.6) is 0 Å². The number of H-pyrrole nitrogens is 1. The second-order valence-electron chi connectivity index (χ2n) is 8.15. The maximum absolute atomic E-state index is 13.5. The maximum Gasteiger partial charge on any atom is 0.266 e. The van der Waals surface area contributed by atoms with Crippen molar-refractivity contribution in [3.8, 4) is 11.3 Å². The predicted molar refractivity (Wildman–Crippen MR) is 120 cm³/mol. The SMILES string of the molecule is O=C1CCCC2=C1[C@@H](c1ccc(F)cc1)CC(=O)N2Nc1cc(=O)[nH]nc1-c1ccccc1. The number of nitrogens with zero attached hydrogens (tertiary/aromatic N) is 2. The molecule has 2 heterocycles. The van der Waals surface area contributed by atoms with Gasteiger partial charge in [-0.15, -0.1) is 0 Å². The molecule has 0 fully saturated rings. The molecule has 3 aromatic rings. The van der Waals surface area contributed by atoms with Crippen molar-refractivity contribution in [2.45, 2.75) is 31.6 Å². The minimum absolute atomic E-state index is 0.0165. The highest BCUT2D eigenvalue weighted by molar-refractivity contribution is 6.01. The third-order valence-corrected chi connectivity index (χ3v) is 6.04. The number of carbonyl (C=O) groups excluding carboxylic acids is 2. The molecule has 1 atom stereocenters. The van der Waals surface area contributed by atoms with Crippen LogP contribution in [0.2, 0.25) is 0 Å². The van der Waals surface area contributed by atoms with Gasteiger partial charge in [-0.1, -0.05) is 42.5 Å². The average Bonchev–Trinajstić information content (AvgIpc) is 2.82. The van der Waals surface area contributed by atoms with Gasteiger partial charge in [-0.2, -0.15) is 5.10 Å². The van der Waals surface area contributed by atoms with Gasteiger partial charge < -0.3 is 0 Å². The Hall–Kier alpha value is -4.07. The summed E-state index contributed by atoms with van der Waals surface area (Å²) >= 11 is 0. The number of halogens is 1. The summed E-state index contributed by atoms with van der Waals surface area (Å²) in [6.45, 7) is 0. The van der Waals surface area contributed by atoms with Crippen molar-refractivity contribution in [3.63, 3.8) is 0 Å².